The van der Waals surface area contributed by atoms with Gasteiger partial charge in [0, 0.05) is 20.1 Å². The Morgan fingerprint density at radius 2 is 2.32 bits per heavy atom. The molecule has 19 heavy (non-hydrogen) atoms. The Bertz CT molecular complexity index is 480. The number of phenolic OH excluding ortho intramolecular Hbond substituents is 1. The van der Waals surface area contributed by atoms with Crippen molar-refractivity contribution >= 4 is 11.8 Å². The molecule has 6 nitrogen and oxygen atoms in total. The minimum Gasteiger partial charge on any atom is -0.508 e. The highest BCUT2D eigenvalue weighted by Gasteiger charge is 2.26. The van der Waals surface area contributed by atoms with Crippen molar-refractivity contribution in [2.75, 3.05) is 20.1 Å². The van der Waals surface area contributed by atoms with Crippen molar-refractivity contribution in [1.29, 1.82) is 0 Å². The first-order valence-corrected chi connectivity index (χ1v) is 6.09. The molecular weight excluding hydrogens is 246 g/mol. The Balaban J connectivity index is 1.94. The van der Waals surface area contributed by atoms with E-state index in [1.54, 1.807) is 30.1 Å². The maximum atomic E-state index is 12.1. The Morgan fingerprint density at radius 3 is 2.95 bits per heavy atom. The van der Waals surface area contributed by atoms with Crippen LogP contribution in [0.2, 0.25) is 0 Å². The summed E-state index contributed by atoms with van der Waals surface area (Å²) in [6, 6.07) is 6.41. The Morgan fingerprint density at radius 1 is 1.53 bits per heavy atom. The summed E-state index contributed by atoms with van der Waals surface area (Å²) in [5.41, 5.74) is 0.857. The number of likely N-dealkylation sites (N-methyl/N-ethyl adjacent to an activating group) is 1. The number of carbonyl (C=O) groups is 2. The lowest BCUT2D eigenvalue weighted by Crippen LogP contribution is -2.58. The standard InChI is InChI=1S/C13H17N3O3/c1-16(8-9-3-2-4-10(17)5-9)13(19)11-6-15-12(18)7-14-11/h2-5,11,14,17H,6-8H2,1H3,(H,15,18). The zero-order valence-electron chi connectivity index (χ0n) is 10.7. The molecule has 1 fully saturated rings. The lowest BCUT2D eigenvalue weighted by atomic mass is 10.1. The van der Waals surface area contributed by atoms with Crippen molar-refractivity contribution in [3.8, 4) is 5.75 Å². The summed E-state index contributed by atoms with van der Waals surface area (Å²) in [4.78, 5) is 24.7. The second kappa shape index (κ2) is 5.71. The molecule has 1 saturated heterocycles. The smallest absolute Gasteiger partial charge is 0.241 e. The fraction of sp³-hybridized carbons (Fsp3) is 0.385. The number of nitrogens with one attached hydrogen (secondary N) is 2. The molecule has 0 aliphatic carbocycles. The van der Waals surface area contributed by atoms with E-state index in [4.69, 9.17) is 0 Å². The van der Waals surface area contributed by atoms with Crippen LogP contribution < -0.4 is 10.6 Å². The van der Waals surface area contributed by atoms with Crippen LogP contribution in [0.3, 0.4) is 0 Å². The fourth-order valence-corrected chi connectivity index (χ4v) is 2.01. The number of phenols is 1. The highest BCUT2D eigenvalue weighted by molar-refractivity contribution is 5.86. The van der Waals surface area contributed by atoms with Gasteiger partial charge in [-0.25, -0.2) is 0 Å². The maximum Gasteiger partial charge on any atom is 0.241 e. The number of benzene rings is 1. The molecule has 0 aromatic heterocycles. The molecule has 6 heteroatoms. The van der Waals surface area contributed by atoms with E-state index in [1.807, 2.05) is 6.07 Å². The number of hydrogen-bond donors (Lipinski definition) is 3. The van der Waals surface area contributed by atoms with Gasteiger partial charge in [-0.3, -0.25) is 14.9 Å². The van der Waals surface area contributed by atoms with Crippen molar-refractivity contribution in [2.45, 2.75) is 12.6 Å². The summed E-state index contributed by atoms with van der Waals surface area (Å²) in [5.74, 6) is 0.00410. The van der Waals surface area contributed by atoms with Crippen molar-refractivity contribution in [3.63, 3.8) is 0 Å². The quantitative estimate of drug-likeness (QED) is 0.682. The minimum absolute atomic E-state index is 0.0802. The van der Waals surface area contributed by atoms with E-state index in [0.717, 1.165) is 5.56 Å². The van der Waals surface area contributed by atoms with Gasteiger partial charge in [-0.15, -0.1) is 0 Å². The third kappa shape index (κ3) is 3.45. The maximum absolute atomic E-state index is 12.1. The van der Waals surface area contributed by atoms with Gasteiger partial charge in [0.25, 0.3) is 0 Å². The Hall–Kier alpha value is -2.08. The molecule has 1 aromatic rings. The third-order valence-electron chi connectivity index (χ3n) is 3.02. The first-order valence-electron chi connectivity index (χ1n) is 6.09. The number of nitrogens with zero attached hydrogens (tertiary/aromatic N) is 1. The summed E-state index contributed by atoms with van der Waals surface area (Å²) in [6.45, 7) is 0.887. The monoisotopic (exact) mass is 263 g/mol. The van der Waals surface area contributed by atoms with Gasteiger partial charge in [0.2, 0.25) is 11.8 Å². The van der Waals surface area contributed by atoms with Crippen molar-refractivity contribution < 1.29 is 14.7 Å². The van der Waals surface area contributed by atoms with Crippen LogP contribution in [0.4, 0.5) is 0 Å². The van der Waals surface area contributed by atoms with E-state index in [0.29, 0.717) is 13.1 Å². The molecule has 1 aliphatic heterocycles. The fourth-order valence-electron chi connectivity index (χ4n) is 2.01. The number of rotatable bonds is 3. The summed E-state index contributed by atoms with van der Waals surface area (Å²) in [5, 5.41) is 14.9. The zero-order valence-corrected chi connectivity index (χ0v) is 10.7. The lowest BCUT2D eigenvalue weighted by Gasteiger charge is -2.27. The van der Waals surface area contributed by atoms with Crippen LogP contribution in [0.15, 0.2) is 24.3 Å². The highest BCUT2D eigenvalue weighted by atomic mass is 16.3. The second-order valence-corrected chi connectivity index (χ2v) is 4.60. The van der Waals surface area contributed by atoms with Crippen molar-refractivity contribution in [1.82, 2.24) is 15.5 Å². The van der Waals surface area contributed by atoms with Gasteiger partial charge in [-0.1, -0.05) is 12.1 Å². The molecule has 2 rings (SSSR count). The molecule has 0 saturated carbocycles. The van der Waals surface area contributed by atoms with Crippen LogP contribution in [0.25, 0.3) is 0 Å². The van der Waals surface area contributed by atoms with Gasteiger partial charge in [-0.05, 0) is 17.7 Å². The van der Waals surface area contributed by atoms with Crippen molar-refractivity contribution in [2.24, 2.45) is 0 Å². The molecule has 1 aliphatic rings. The number of hydrogen-bond acceptors (Lipinski definition) is 4. The largest absolute Gasteiger partial charge is 0.508 e. The van der Waals surface area contributed by atoms with Gasteiger partial charge in [0.15, 0.2) is 0 Å². The van der Waals surface area contributed by atoms with Gasteiger partial charge >= 0.3 is 0 Å². The molecule has 3 N–H and O–H groups in total. The summed E-state index contributed by atoms with van der Waals surface area (Å²) in [6.07, 6.45) is 0. The first-order chi connectivity index (χ1) is 9.06. The van der Waals surface area contributed by atoms with Crippen LogP contribution in [-0.4, -0.2) is 48.0 Å². The average Bonchev–Trinajstić information content (AvgIpc) is 2.39. The summed E-state index contributed by atoms with van der Waals surface area (Å²) >= 11 is 0. The third-order valence-corrected chi connectivity index (χ3v) is 3.02. The molecule has 1 unspecified atom stereocenters. The van der Waals surface area contributed by atoms with Crippen LogP contribution in [-0.2, 0) is 16.1 Å². The predicted octanol–water partition coefficient (Wildman–Crippen LogP) is -0.561. The van der Waals surface area contributed by atoms with Gasteiger partial charge in [0.05, 0.1) is 6.54 Å². The topological polar surface area (TPSA) is 81.7 Å². The molecule has 0 radical (unpaired) electrons. The lowest BCUT2D eigenvalue weighted by molar-refractivity contribution is -0.134. The molecule has 0 bridgehead atoms. The zero-order chi connectivity index (χ0) is 13.8. The molecule has 1 heterocycles. The minimum atomic E-state index is -0.389. The van der Waals surface area contributed by atoms with E-state index in [-0.39, 0.29) is 30.2 Å². The van der Waals surface area contributed by atoms with Gasteiger partial charge in [0.1, 0.15) is 11.8 Å². The van der Waals surface area contributed by atoms with Crippen LogP contribution in [0.5, 0.6) is 5.75 Å². The average molecular weight is 263 g/mol. The van der Waals surface area contributed by atoms with Gasteiger partial charge in [-0.2, -0.15) is 0 Å². The van der Waals surface area contributed by atoms with Gasteiger partial charge < -0.3 is 15.3 Å². The second-order valence-electron chi connectivity index (χ2n) is 4.60. The summed E-state index contributed by atoms with van der Waals surface area (Å²) < 4.78 is 0. The number of carbonyl (C=O) groups excluding carboxylic acids is 2. The number of amides is 2. The highest BCUT2D eigenvalue weighted by Crippen LogP contribution is 2.12. The molecule has 0 spiro atoms. The van der Waals surface area contributed by atoms with Crippen molar-refractivity contribution in [3.05, 3.63) is 29.8 Å². The van der Waals surface area contributed by atoms with E-state index in [2.05, 4.69) is 10.6 Å². The SMILES string of the molecule is CN(Cc1cccc(O)c1)C(=O)C1CNC(=O)CN1. The van der Waals surface area contributed by atoms with Crippen LogP contribution in [0, 0.1) is 0 Å². The Kier molecular flexibility index (Phi) is 4.01. The normalized spacial score (nSPS) is 18.8. The van der Waals surface area contributed by atoms with E-state index < -0.39 is 0 Å². The predicted molar refractivity (Wildman–Crippen MR) is 69.4 cm³/mol. The molecule has 102 valence electrons. The van der Waals surface area contributed by atoms with E-state index in [9.17, 15) is 14.7 Å². The first kappa shape index (κ1) is 13.4. The molecular formula is C13H17N3O3. The molecule has 1 atom stereocenters. The molecule has 2 amide bonds. The molecule has 1 aromatic carbocycles. The van der Waals surface area contributed by atoms with Crippen LogP contribution >= 0.6 is 0 Å². The van der Waals surface area contributed by atoms with E-state index >= 15 is 0 Å². The van der Waals surface area contributed by atoms with Crippen LogP contribution in [0.1, 0.15) is 5.56 Å². The number of piperazine rings is 1. The summed E-state index contributed by atoms with van der Waals surface area (Å²) in [7, 11) is 1.70. The van der Waals surface area contributed by atoms with E-state index in [1.165, 1.54) is 0 Å². The Labute approximate surface area is 111 Å². The number of aromatic hydroxyl groups is 1.